The molecule has 0 radical (unpaired) electrons. The van der Waals surface area contributed by atoms with Gasteiger partial charge in [-0.15, -0.1) is 0 Å². The molecular formula is C42H39O3P. The zero-order valence-corrected chi connectivity index (χ0v) is 28.2. The topological polar surface area (TPSA) is 27.7 Å². The molecule has 0 aromatic heterocycles. The number of hydrogen-bond acceptors (Lipinski definition) is 3. The highest BCUT2D eigenvalue weighted by Gasteiger charge is 2.31. The highest BCUT2D eigenvalue weighted by atomic mass is 31.1. The number of hydrogen-bond donors (Lipinski definition) is 0. The van der Waals surface area contributed by atoms with Gasteiger partial charge in [0.2, 0.25) is 0 Å². The number of rotatable bonds is 9. The Bertz CT molecular complexity index is 1780. The molecule has 3 nitrogen and oxygen atoms in total. The highest BCUT2D eigenvalue weighted by Crippen LogP contribution is 2.48. The first-order valence-electron chi connectivity index (χ1n) is 15.5. The van der Waals surface area contributed by atoms with E-state index in [9.17, 15) is 0 Å². The van der Waals surface area contributed by atoms with E-state index in [1.54, 1.807) is 21.3 Å². The van der Waals surface area contributed by atoms with Gasteiger partial charge in [0.25, 0.3) is 0 Å². The Balaban J connectivity index is 1.80. The fourth-order valence-electron chi connectivity index (χ4n) is 6.46. The van der Waals surface area contributed by atoms with E-state index in [0.29, 0.717) is 0 Å². The van der Waals surface area contributed by atoms with Crippen molar-refractivity contribution >= 4 is 23.8 Å². The molecule has 0 aliphatic carbocycles. The molecule has 0 spiro atoms. The van der Waals surface area contributed by atoms with E-state index < -0.39 is 7.92 Å². The van der Waals surface area contributed by atoms with Crippen LogP contribution in [0.15, 0.2) is 127 Å². The van der Waals surface area contributed by atoms with Crippen molar-refractivity contribution in [2.75, 3.05) is 21.3 Å². The first kappa shape index (κ1) is 31.1. The maximum absolute atomic E-state index is 5.95. The molecule has 0 fully saturated rings. The molecule has 0 saturated carbocycles. The summed E-state index contributed by atoms with van der Waals surface area (Å²) in [6.07, 6.45) is 0. The van der Waals surface area contributed by atoms with E-state index in [2.05, 4.69) is 112 Å². The molecule has 0 bridgehead atoms. The summed E-state index contributed by atoms with van der Waals surface area (Å²) >= 11 is 0. The molecule has 0 atom stereocenters. The van der Waals surface area contributed by atoms with Crippen molar-refractivity contribution in [1.29, 1.82) is 0 Å². The van der Waals surface area contributed by atoms with Crippen molar-refractivity contribution in [1.82, 2.24) is 0 Å². The minimum atomic E-state index is -1.16. The molecule has 6 aromatic rings. The first-order valence-corrected chi connectivity index (χ1v) is 16.8. The Labute approximate surface area is 274 Å². The van der Waals surface area contributed by atoms with Gasteiger partial charge in [0.15, 0.2) is 0 Å². The molecule has 6 aromatic carbocycles. The summed E-state index contributed by atoms with van der Waals surface area (Å²) in [6.45, 7) is 6.73. The smallest absolute Gasteiger partial charge is 0.126 e. The van der Waals surface area contributed by atoms with Gasteiger partial charge < -0.3 is 14.2 Å². The maximum atomic E-state index is 5.95. The van der Waals surface area contributed by atoms with E-state index in [1.807, 2.05) is 36.4 Å². The van der Waals surface area contributed by atoms with Gasteiger partial charge in [-0.05, 0) is 96.2 Å². The average Bonchev–Trinajstić information content (AvgIpc) is 3.10. The second-order valence-corrected chi connectivity index (χ2v) is 13.4. The van der Waals surface area contributed by atoms with Crippen LogP contribution in [0, 0.1) is 20.8 Å². The van der Waals surface area contributed by atoms with E-state index in [1.165, 1.54) is 49.3 Å². The molecule has 0 aliphatic heterocycles. The Morgan fingerprint density at radius 2 is 0.587 bits per heavy atom. The predicted molar refractivity (Wildman–Crippen MR) is 195 cm³/mol. The van der Waals surface area contributed by atoms with Crippen LogP contribution in [-0.4, -0.2) is 21.3 Å². The van der Waals surface area contributed by atoms with Crippen molar-refractivity contribution in [3.05, 3.63) is 144 Å². The third-order valence-corrected chi connectivity index (χ3v) is 11.7. The number of ether oxygens (including phenoxy) is 3. The zero-order chi connectivity index (χ0) is 32.2. The minimum absolute atomic E-state index is 0.855. The molecule has 46 heavy (non-hydrogen) atoms. The fourth-order valence-corrected chi connectivity index (χ4v) is 9.72. The van der Waals surface area contributed by atoms with Crippen LogP contribution in [0.4, 0.5) is 0 Å². The number of aryl methyl sites for hydroxylation is 3. The second kappa shape index (κ2) is 13.6. The van der Waals surface area contributed by atoms with E-state index in [0.717, 1.165) is 33.9 Å². The SMILES string of the molecule is COc1ccccc1-c1cccc(C)c1P(c1c(C)cccc1-c1ccccc1OC)c1c(C)cccc1-c1ccccc1OC. The lowest BCUT2D eigenvalue weighted by Gasteiger charge is -2.31. The lowest BCUT2D eigenvalue weighted by molar-refractivity contribution is 0.416. The van der Waals surface area contributed by atoms with Crippen molar-refractivity contribution in [3.63, 3.8) is 0 Å². The Morgan fingerprint density at radius 3 is 0.870 bits per heavy atom. The van der Waals surface area contributed by atoms with Crippen LogP contribution in [0.3, 0.4) is 0 Å². The van der Waals surface area contributed by atoms with Crippen molar-refractivity contribution < 1.29 is 14.2 Å². The van der Waals surface area contributed by atoms with Gasteiger partial charge in [-0.2, -0.15) is 0 Å². The van der Waals surface area contributed by atoms with Gasteiger partial charge in [-0.3, -0.25) is 0 Å². The second-order valence-electron chi connectivity index (χ2n) is 11.3. The van der Waals surface area contributed by atoms with E-state index in [-0.39, 0.29) is 0 Å². The highest BCUT2D eigenvalue weighted by molar-refractivity contribution is 7.80. The predicted octanol–water partition coefficient (Wildman–Crippen LogP) is 9.40. The third-order valence-electron chi connectivity index (χ3n) is 8.58. The Hall–Kier alpha value is -4.85. The van der Waals surface area contributed by atoms with Gasteiger partial charge in [0.1, 0.15) is 17.2 Å². The van der Waals surface area contributed by atoms with Crippen molar-refractivity contribution in [3.8, 4) is 50.6 Å². The molecule has 4 heteroatoms. The van der Waals surface area contributed by atoms with Crippen LogP contribution in [0.2, 0.25) is 0 Å². The molecule has 0 heterocycles. The summed E-state index contributed by atoms with van der Waals surface area (Å²) in [5.74, 6) is 2.57. The van der Waals surface area contributed by atoms with Crippen LogP contribution in [-0.2, 0) is 0 Å². The van der Waals surface area contributed by atoms with Crippen molar-refractivity contribution in [2.45, 2.75) is 20.8 Å². The molecule has 0 saturated heterocycles. The van der Waals surface area contributed by atoms with Crippen LogP contribution in [0.1, 0.15) is 16.7 Å². The van der Waals surface area contributed by atoms with Gasteiger partial charge >= 0.3 is 0 Å². The molecular weight excluding hydrogens is 583 g/mol. The summed E-state index contributed by atoms with van der Waals surface area (Å²) in [5.41, 5.74) is 10.5. The summed E-state index contributed by atoms with van der Waals surface area (Å²) in [4.78, 5) is 0. The average molecular weight is 623 g/mol. The van der Waals surface area contributed by atoms with Crippen LogP contribution >= 0.6 is 7.92 Å². The lowest BCUT2D eigenvalue weighted by atomic mass is 10.0. The van der Waals surface area contributed by atoms with Gasteiger partial charge in [0, 0.05) is 16.7 Å². The number of benzene rings is 6. The Kier molecular flexibility index (Phi) is 9.24. The van der Waals surface area contributed by atoms with Crippen LogP contribution in [0.25, 0.3) is 33.4 Å². The fraction of sp³-hybridized carbons (Fsp3) is 0.143. The van der Waals surface area contributed by atoms with Gasteiger partial charge in [0.05, 0.1) is 21.3 Å². The Morgan fingerprint density at radius 1 is 0.326 bits per heavy atom. The van der Waals surface area contributed by atoms with Crippen molar-refractivity contribution in [2.24, 2.45) is 0 Å². The number of methoxy groups -OCH3 is 3. The molecule has 0 unspecified atom stereocenters. The monoisotopic (exact) mass is 622 g/mol. The zero-order valence-electron chi connectivity index (χ0n) is 27.3. The molecule has 0 amide bonds. The minimum Gasteiger partial charge on any atom is -0.496 e. The normalized spacial score (nSPS) is 11.0. The van der Waals surface area contributed by atoms with Gasteiger partial charge in [-0.25, -0.2) is 0 Å². The maximum Gasteiger partial charge on any atom is 0.126 e. The molecule has 0 N–H and O–H groups in total. The quantitative estimate of drug-likeness (QED) is 0.150. The van der Waals surface area contributed by atoms with Crippen LogP contribution in [0.5, 0.6) is 17.2 Å². The summed E-state index contributed by atoms with van der Waals surface area (Å²) in [6, 6.07) is 45.0. The van der Waals surface area contributed by atoms with Gasteiger partial charge in [-0.1, -0.05) is 109 Å². The van der Waals surface area contributed by atoms with E-state index >= 15 is 0 Å². The molecule has 0 aliphatic rings. The summed E-state index contributed by atoms with van der Waals surface area (Å²) < 4.78 is 17.9. The van der Waals surface area contributed by atoms with Crippen LogP contribution < -0.4 is 30.1 Å². The standard InChI is InChI=1S/C42H39O3P/c1-28-16-13-22-34(31-19-7-10-25-37(31)43-4)40(28)46(41-29(2)17-14-23-35(41)32-20-8-11-26-38(32)44-5)42-30(3)18-15-24-36(42)33-21-9-12-27-39(33)45-6/h7-27H,1-6H3. The first-order chi connectivity index (χ1) is 22.5. The largest absolute Gasteiger partial charge is 0.496 e. The molecule has 6 rings (SSSR count). The summed E-state index contributed by atoms with van der Waals surface area (Å²) in [5, 5.41) is 3.91. The number of para-hydroxylation sites is 3. The lowest BCUT2D eigenvalue weighted by Crippen LogP contribution is -2.29. The summed E-state index contributed by atoms with van der Waals surface area (Å²) in [7, 11) is 4.09. The third kappa shape index (κ3) is 5.68. The van der Waals surface area contributed by atoms with E-state index in [4.69, 9.17) is 14.2 Å². The molecule has 230 valence electrons.